The maximum absolute atomic E-state index is 13.8. The minimum absolute atomic E-state index is 0.0891. The summed E-state index contributed by atoms with van der Waals surface area (Å²) in [4.78, 5) is 30.6. The molecule has 11 heteroatoms. The van der Waals surface area contributed by atoms with Gasteiger partial charge in [0.1, 0.15) is 30.2 Å². The van der Waals surface area contributed by atoms with Gasteiger partial charge in [0.15, 0.2) is 5.02 Å². The SMILES string of the molecule is CC(C)(O)C(=O)N1CNc2cc(Cn3cnc(OCc4ccc(F)cc4F)c(Cl)c3=O)ccc21. The minimum atomic E-state index is -1.51. The fourth-order valence-corrected chi connectivity index (χ4v) is 3.67. The lowest BCUT2D eigenvalue weighted by Crippen LogP contribution is -2.45. The molecule has 2 N–H and O–H groups in total. The summed E-state index contributed by atoms with van der Waals surface area (Å²) in [6, 6.07) is 8.33. The van der Waals surface area contributed by atoms with Crippen molar-refractivity contribution in [3.05, 3.63) is 80.9 Å². The van der Waals surface area contributed by atoms with Crippen LogP contribution in [0.15, 0.2) is 47.5 Å². The zero-order valence-electron chi connectivity index (χ0n) is 18.3. The Bertz CT molecular complexity index is 1320. The molecule has 4 rings (SSSR count). The van der Waals surface area contributed by atoms with E-state index in [-0.39, 0.29) is 36.3 Å². The molecule has 1 aliphatic rings. The van der Waals surface area contributed by atoms with Crippen LogP contribution in [0.1, 0.15) is 25.0 Å². The number of hydrogen-bond acceptors (Lipinski definition) is 6. The van der Waals surface area contributed by atoms with Gasteiger partial charge in [-0.25, -0.2) is 13.8 Å². The molecule has 0 fully saturated rings. The predicted molar refractivity (Wildman–Crippen MR) is 122 cm³/mol. The van der Waals surface area contributed by atoms with Crippen LogP contribution in [-0.4, -0.2) is 32.8 Å². The molecule has 3 aromatic rings. The maximum Gasteiger partial charge on any atom is 0.276 e. The van der Waals surface area contributed by atoms with Gasteiger partial charge < -0.3 is 15.2 Å². The van der Waals surface area contributed by atoms with Crippen LogP contribution in [0.4, 0.5) is 20.2 Å². The Morgan fingerprint density at radius 3 is 2.74 bits per heavy atom. The van der Waals surface area contributed by atoms with Crippen molar-refractivity contribution in [1.82, 2.24) is 9.55 Å². The van der Waals surface area contributed by atoms with Crippen LogP contribution in [0.3, 0.4) is 0 Å². The molecule has 0 radical (unpaired) electrons. The minimum Gasteiger partial charge on any atom is -0.471 e. The van der Waals surface area contributed by atoms with E-state index in [1.165, 1.54) is 35.7 Å². The lowest BCUT2D eigenvalue weighted by atomic mass is 10.1. The summed E-state index contributed by atoms with van der Waals surface area (Å²) in [5, 5.41) is 12.8. The first-order valence-corrected chi connectivity index (χ1v) is 10.6. The van der Waals surface area contributed by atoms with Crippen LogP contribution >= 0.6 is 11.6 Å². The smallest absolute Gasteiger partial charge is 0.276 e. The Labute approximate surface area is 198 Å². The van der Waals surface area contributed by atoms with E-state index < -0.39 is 28.7 Å². The quantitative estimate of drug-likeness (QED) is 0.550. The Kier molecular flexibility index (Phi) is 6.28. The maximum atomic E-state index is 13.8. The van der Waals surface area contributed by atoms with E-state index in [0.29, 0.717) is 11.4 Å². The molecule has 0 bridgehead atoms. The summed E-state index contributed by atoms with van der Waals surface area (Å²) in [5.41, 5.74) is 0.0689. The third-order valence-corrected chi connectivity index (χ3v) is 5.55. The number of amides is 1. The van der Waals surface area contributed by atoms with Crippen molar-refractivity contribution in [3.8, 4) is 5.88 Å². The molecule has 178 valence electrons. The summed E-state index contributed by atoms with van der Waals surface area (Å²) in [6.45, 7) is 2.93. The van der Waals surface area contributed by atoms with Crippen molar-refractivity contribution < 1.29 is 23.4 Å². The summed E-state index contributed by atoms with van der Waals surface area (Å²) < 4.78 is 33.5. The zero-order valence-corrected chi connectivity index (χ0v) is 19.1. The van der Waals surface area contributed by atoms with Crippen LogP contribution in [0, 0.1) is 11.6 Å². The monoisotopic (exact) mass is 490 g/mol. The van der Waals surface area contributed by atoms with Gasteiger partial charge in [-0.3, -0.25) is 19.1 Å². The number of rotatable bonds is 6. The molecule has 1 aliphatic heterocycles. The number of aliphatic hydroxyl groups is 1. The first kappa shape index (κ1) is 23.7. The molecule has 8 nitrogen and oxygen atoms in total. The molecule has 0 aliphatic carbocycles. The number of nitrogens with one attached hydrogen (secondary N) is 1. The van der Waals surface area contributed by atoms with Crippen molar-refractivity contribution in [1.29, 1.82) is 0 Å². The van der Waals surface area contributed by atoms with Crippen LogP contribution in [0.5, 0.6) is 5.88 Å². The Hall–Kier alpha value is -3.50. The van der Waals surface area contributed by atoms with E-state index in [0.717, 1.165) is 17.7 Å². The molecule has 34 heavy (non-hydrogen) atoms. The van der Waals surface area contributed by atoms with Gasteiger partial charge in [-0.2, -0.15) is 0 Å². The summed E-state index contributed by atoms with van der Waals surface area (Å²) >= 11 is 6.13. The van der Waals surface area contributed by atoms with E-state index in [2.05, 4.69) is 10.3 Å². The highest BCUT2D eigenvalue weighted by Crippen LogP contribution is 2.33. The number of ether oxygens (including phenoxy) is 1. The lowest BCUT2D eigenvalue weighted by molar-refractivity contribution is -0.133. The van der Waals surface area contributed by atoms with Gasteiger partial charge in [0.25, 0.3) is 11.5 Å². The summed E-state index contributed by atoms with van der Waals surface area (Å²) in [5.74, 6) is -2.09. The molecule has 0 saturated carbocycles. The van der Waals surface area contributed by atoms with Gasteiger partial charge in [0, 0.05) is 11.6 Å². The number of halogens is 3. The van der Waals surface area contributed by atoms with Gasteiger partial charge in [-0.05, 0) is 43.7 Å². The first-order chi connectivity index (χ1) is 16.0. The molecule has 0 spiro atoms. The fraction of sp³-hybridized carbons (Fsp3) is 0.261. The van der Waals surface area contributed by atoms with Gasteiger partial charge in [-0.1, -0.05) is 17.7 Å². The highest BCUT2D eigenvalue weighted by Gasteiger charge is 2.34. The Balaban J connectivity index is 1.49. The van der Waals surface area contributed by atoms with Crippen LogP contribution < -0.4 is 20.5 Å². The number of aromatic nitrogens is 2. The number of fused-ring (bicyclic) bond motifs is 1. The molecule has 1 aromatic heterocycles. The lowest BCUT2D eigenvalue weighted by Gasteiger charge is -2.24. The molecule has 0 unspecified atom stereocenters. The highest BCUT2D eigenvalue weighted by atomic mass is 35.5. The van der Waals surface area contributed by atoms with E-state index in [1.807, 2.05) is 0 Å². The number of benzene rings is 2. The van der Waals surface area contributed by atoms with Gasteiger partial charge in [0.2, 0.25) is 5.88 Å². The number of carbonyl (C=O) groups excluding carboxylic acids is 1. The van der Waals surface area contributed by atoms with Crippen molar-refractivity contribution in [3.63, 3.8) is 0 Å². The number of anilines is 2. The van der Waals surface area contributed by atoms with E-state index in [9.17, 15) is 23.5 Å². The van der Waals surface area contributed by atoms with Gasteiger partial charge in [0.05, 0.1) is 24.6 Å². The van der Waals surface area contributed by atoms with E-state index >= 15 is 0 Å². The molecular weight excluding hydrogens is 470 g/mol. The summed E-state index contributed by atoms with van der Waals surface area (Å²) in [7, 11) is 0. The number of hydrogen-bond donors (Lipinski definition) is 2. The second kappa shape index (κ2) is 9.03. The van der Waals surface area contributed by atoms with Crippen molar-refractivity contribution in [2.45, 2.75) is 32.6 Å². The zero-order chi connectivity index (χ0) is 24.6. The van der Waals surface area contributed by atoms with Crippen LogP contribution in [0.25, 0.3) is 0 Å². The third-order valence-electron chi connectivity index (χ3n) is 5.23. The topological polar surface area (TPSA) is 96.7 Å². The molecule has 1 amide bonds. The standard InChI is InChI=1S/C23H21ClF2N4O4/c1-23(2,33)22(32)30-12-27-17-7-13(3-6-18(17)30)9-29-11-28-20(19(24)21(29)31)34-10-14-4-5-15(25)8-16(14)26/h3-8,11,27,33H,9-10,12H2,1-2H3. The molecular formula is C23H21ClF2N4O4. The molecule has 2 aromatic carbocycles. The van der Waals surface area contributed by atoms with E-state index in [1.54, 1.807) is 18.2 Å². The normalized spacial score (nSPS) is 12.9. The van der Waals surface area contributed by atoms with E-state index in [4.69, 9.17) is 16.3 Å². The third kappa shape index (κ3) is 4.73. The molecule has 2 heterocycles. The van der Waals surface area contributed by atoms with Crippen molar-refractivity contribution in [2.75, 3.05) is 16.9 Å². The fourth-order valence-electron chi connectivity index (χ4n) is 3.46. The van der Waals surface area contributed by atoms with Gasteiger partial charge in [-0.15, -0.1) is 0 Å². The number of carbonyl (C=O) groups is 1. The second-order valence-corrected chi connectivity index (χ2v) is 8.68. The van der Waals surface area contributed by atoms with Gasteiger partial charge >= 0.3 is 0 Å². The largest absolute Gasteiger partial charge is 0.471 e. The van der Waals surface area contributed by atoms with Crippen LogP contribution in [0.2, 0.25) is 5.02 Å². The highest BCUT2D eigenvalue weighted by molar-refractivity contribution is 6.31. The average Bonchev–Trinajstić information content (AvgIpc) is 3.19. The van der Waals surface area contributed by atoms with Crippen molar-refractivity contribution in [2.24, 2.45) is 0 Å². The molecule has 0 atom stereocenters. The van der Waals surface area contributed by atoms with Crippen molar-refractivity contribution >= 4 is 28.9 Å². The second-order valence-electron chi connectivity index (χ2n) is 8.30. The Morgan fingerprint density at radius 2 is 2.03 bits per heavy atom. The summed E-state index contributed by atoms with van der Waals surface area (Å²) in [6.07, 6.45) is 1.26. The average molecular weight is 491 g/mol. The first-order valence-electron chi connectivity index (χ1n) is 10.3. The predicted octanol–water partition coefficient (Wildman–Crippen LogP) is 3.29. The molecule has 0 saturated heterocycles. The van der Waals surface area contributed by atoms with Crippen LogP contribution in [-0.2, 0) is 17.9 Å². The Morgan fingerprint density at radius 1 is 1.26 bits per heavy atom. The number of nitrogens with zero attached hydrogens (tertiary/aromatic N) is 3.